The Bertz CT molecular complexity index is 290. The van der Waals surface area contributed by atoms with E-state index in [1.807, 2.05) is 19.2 Å². The highest BCUT2D eigenvalue weighted by molar-refractivity contribution is 7.99. The van der Waals surface area contributed by atoms with E-state index in [2.05, 4.69) is 17.2 Å². The van der Waals surface area contributed by atoms with Crippen LogP contribution < -0.4 is 5.32 Å². The van der Waals surface area contributed by atoms with Gasteiger partial charge in [-0.25, -0.2) is 4.98 Å². The molecule has 0 aliphatic rings. The van der Waals surface area contributed by atoms with Crippen LogP contribution in [0.15, 0.2) is 23.4 Å². The first-order valence-corrected chi connectivity index (χ1v) is 7.00. The number of hydrogen-bond donors (Lipinski definition) is 1. The van der Waals surface area contributed by atoms with Gasteiger partial charge in [-0.1, -0.05) is 18.0 Å². The molecule has 16 heavy (non-hydrogen) atoms. The third-order valence-electron chi connectivity index (χ3n) is 2.47. The van der Waals surface area contributed by atoms with Crippen molar-refractivity contribution in [1.82, 2.24) is 10.3 Å². The summed E-state index contributed by atoms with van der Waals surface area (Å²) in [7, 11) is 2.01. The average Bonchev–Trinajstić information content (AvgIpc) is 2.31. The molecule has 0 saturated carbocycles. The van der Waals surface area contributed by atoms with Crippen LogP contribution >= 0.6 is 23.4 Å². The Kier molecular flexibility index (Phi) is 6.85. The smallest absolute Gasteiger partial charge is 0.0960 e. The molecular formula is C12H19ClN2S. The SMILES string of the molecule is CNC(C)CCCCSc1ccc(Cl)cn1. The first kappa shape index (κ1) is 13.8. The van der Waals surface area contributed by atoms with E-state index >= 15 is 0 Å². The lowest BCUT2D eigenvalue weighted by atomic mass is 10.1. The number of halogens is 1. The average molecular weight is 259 g/mol. The van der Waals surface area contributed by atoms with Crippen molar-refractivity contribution in [2.24, 2.45) is 0 Å². The molecule has 4 heteroatoms. The highest BCUT2D eigenvalue weighted by atomic mass is 35.5. The van der Waals surface area contributed by atoms with E-state index in [0.717, 1.165) is 10.8 Å². The van der Waals surface area contributed by atoms with E-state index in [4.69, 9.17) is 11.6 Å². The summed E-state index contributed by atoms with van der Waals surface area (Å²) in [6.45, 7) is 2.22. The van der Waals surface area contributed by atoms with Gasteiger partial charge in [-0.15, -0.1) is 11.8 Å². The van der Waals surface area contributed by atoms with Gasteiger partial charge < -0.3 is 5.32 Å². The third kappa shape index (κ3) is 5.73. The molecule has 0 spiro atoms. The first-order valence-electron chi connectivity index (χ1n) is 5.64. The van der Waals surface area contributed by atoms with Crippen molar-refractivity contribution in [3.8, 4) is 0 Å². The second-order valence-corrected chi connectivity index (χ2v) is 5.40. The Morgan fingerprint density at radius 2 is 2.25 bits per heavy atom. The largest absolute Gasteiger partial charge is 0.317 e. The predicted octanol–water partition coefficient (Wildman–Crippen LogP) is 3.61. The van der Waals surface area contributed by atoms with Crippen molar-refractivity contribution in [3.05, 3.63) is 23.4 Å². The quantitative estimate of drug-likeness (QED) is 0.598. The minimum absolute atomic E-state index is 0.624. The molecule has 90 valence electrons. The fraction of sp³-hybridized carbons (Fsp3) is 0.583. The summed E-state index contributed by atoms with van der Waals surface area (Å²) in [6, 6.07) is 4.49. The van der Waals surface area contributed by atoms with Crippen LogP contribution in [-0.4, -0.2) is 23.8 Å². The number of unbranched alkanes of at least 4 members (excludes halogenated alkanes) is 1. The van der Waals surface area contributed by atoms with Gasteiger partial charge in [-0.2, -0.15) is 0 Å². The summed E-state index contributed by atoms with van der Waals surface area (Å²) in [5.74, 6) is 1.13. The number of aromatic nitrogens is 1. The molecule has 0 aromatic carbocycles. The van der Waals surface area contributed by atoms with Crippen molar-refractivity contribution < 1.29 is 0 Å². The van der Waals surface area contributed by atoms with Gasteiger partial charge in [0.1, 0.15) is 0 Å². The van der Waals surface area contributed by atoms with Gasteiger partial charge in [-0.3, -0.25) is 0 Å². The van der Waals surface area contributed by atoms with Crippen molar-refractivity contribution >= 4 is 23.4 Å². The lowest BCUT2D eigenvalue weighted by Gasteiger charge is -2.08. The van der Waals surface area contributed by atoms with Crippen LogP contribution in [0, 0.1) is 0 Å². The monoisotopic (exact) mass is 258 g/mol. The van der Waals surface area contributed by atoms with Crippen LogP contribution in [0.3, 0.4) is 0 Å². The van der Waals surface area contributed by atoms with E-state index in [0.29, 0.717) is 11.1 Å². The highest BCUT2D eigenvalue weighted by Gasteiger charge is 1.99. The molecule has 0 amide bonds. The van der Waals surface area contributed by atoms with Gasteiger partial charge >= 0.3 is 0 Å². The van der Waals surface area contributed by atoms with Crippen LogP contribution in [-0.2, 0) is 0 Å². The standard InChI is InChI=1S/C12H19ClN2S/c1-10(14-2)5-3-4-8-16-12-7-6-11(13)9-15-12/h6-7,9-10,14H,3-5,8H2,1-2H3. The zero-order valence-electron chi connectivity index (χ0n) is 9.87. The lowest BCUT2D eigenvalue weighted by Crippen LogP contribution is -2.20. The van der Waals surface area contributed by atoms with Gasteiger partial charge in [0.2, 0.25) is 0 Å². The van der Waals surface area contributed by atoms with Crippen LogP contribution in [0.25, 0.3) is 0 Å². The van der Waals surface area contributed by atoms with Crippen molar-refractivity contribution in [2.45, 2.75) is 37.3 Å². The van der Waals surface area contributed by atoms with E-state index in [1.54, 1.807) is 18.0 Å². The van der Waals surface area contributed by atoms with Gasteiger partial charge in [0.15, 0.2) is 0 Å². The molecule has 1 N–H and O–H groups in total. The fourth-order valence-electron chi connectivity index (χ4n) is 1.32. The second kappa shape index (κ2) is 7.93. The molecule has 0 aliphatic heterocycles. The van der Waals surface area contributed by atoms with Gasteiger partial charge in [0.05, 0.1) is 10.0 Å². The normalized spacial score (nSPS) is 12.7. The summed E-state index contributed by atoms with van der Waals surface area (Å²) in [4.78, 5) is 4.25. The Morgan fingerprint density at radius 3 is 2.88 bits per heavy atom. The molecule has 0 saturated heterocycles. The number of nitrogens with zero attached hydrogens (tertiary/aromatic N) is 1. The summed E-state index contributed by atoms with van der Waals surface area (Å²) >= 11 is 7.57. The van der Waals surface area contributed by atoms with E-state index < -0.39 is 0 Å². The Balaban J connectivity index is 2.09. The molecule has 2 nitrogen and oxygen atoms in total. The molecule has 1 aromatic rings. The van der Waals surface area contributed by atoms with Crippen LogP contribution in [0.5, 0.6) is 0 Å². The first-order chi connectivity index (χ1) is 7.72. The maximum absolute atomic E-state index is 5.77. The molecule has 1 atom stereocenters. The summed E-state index contributed by atoms with van der Waals surface area (Å²) in [6.07, 6.45) is 5.45. The third-order valence-corrected chi connectivity index (χ3v) is 3.73. The molecular weight excluding hydrogens is 240 g/mol. The number of rotatable bonds is 7. The molecule has 1 aromatic heterocycles. The Labute approximate surface area is 107 Å². The molecule has 0 bridgehead atoms. The molecule has 1 heterocycles. The Hall–Kier alpha value is -0.250. The van der Waals surface area contributed by atoms with E-state index in [-0.39, 0.29) is 0 Å². The summed E-state index contributed by atoms with van der Waals surface area (Å²) < 4.78 is 0. The second-order valence-electron chi connectivity index (χ2n) is 3.85. The zero-order valence-corrected chi connectivity index (χ0v) is 11.4. The predicted molar refractivity (Wildman–Crippen MR) is 72.3 cm³/mol. The van der Waals surface area contributed by atoms with Crippen LogP contribution in [0.2, 0.25) is 5.02 Å². The molecule has 1 rings (SSSR count). The summed E-state index contributed by atoms with van der Waals surface area (Å²) in [5, 5.41) is 5.01. The zero-order chi connectivity index (χ0) is 11.8. The highest BCUT2D eigenvalue weighted by Crippen LogP contribution is 2.18. The number of thioether (sulfide) groups is 1. The van der Waals surface area contributed by atoms with Crippen LogP contribution in [0.1, 0.15) is 26.2 Å². The van der Waals surface area contributed by atoms with Gasteiger partial charge in [-0.05, 0) is 44.7 Å². The summed E-state index contributed by atoms with van der Waals surface area (Å²) in [5.41, 5.74) is 0. The van der Waals surface area contributed by atoms with Crippen molar-refractivity contribution in [1.29, 1.82) is 0 Å². The number of pyridine rings is 1. The number of hydrogen-bond acceptors (Lipinski definition) is 3. The number of nitrogens with one attached hydrogen (secondary N) is 1. The molecule has 0 fully saturated rings. The van der Waals surface area contributed by atoms with Gasteiger partial charge in [0, 0.05) is 12.2 Å². The maximum Gasteiger partial charge on any atom is 0.0960 e. The minimum Gasteiger partial charge on any atom is -0.317 e. The topological polar surface area (TPSA) is 24.9 Å². The van der Waals surface area contributed by atoms with Gasteiger partial charge in [0.25, 0.3) is 0 Å². The maximum atomic E-state index is 5.77. The molecule has 0 radical (unpaired) electrons. The van der Waals surface area contributed by atoms with E-state index in [9.17, 15) is 0 Å². The van der Waals surface area contributed by atoms with Crippen molar-refractivity contribution in [3.63, 3.8) is 0 Å². The Morgan fingerprint density at radius 1 is 1.44 bits per heavy atom. The lowest BCUT2D eigenvalue weighted by molar-refractivity contribution is 0.539. The van der Waals surface area contributed by atoms with Crippen molar-refractivity contribution in [2.75, 3.05) is 12.8 Å². The van der Waals surface area contributed by atoms with Crippen LogP contribution in [0.4, 0.5) is 0 Å². The fourth-order valence-corrected chi connectivity index (χ4v) is 2.28. The molecule has 0 aliphatic carbocycles. The van der Waals surface area contributed by atoms with E-state index in [1.165, 1.54) is 19.3 Å². The molecule has 1 unspecified atom stereocenters. The minimum atomic E-state index is 0.624.